The molecule has 1 aromatic rings. The maximum absolute atomic E-state index is 4.07. The van der Waals surface area contributed by atoms with Gasteiger partial charge in [-0.15, -0.1) is 12.4 Å². The van der Waals surface area contributed by atoms with E-state index in [-0.39, 0.29) is 12.4 Å². The molecule has 0 spiro atoms. The summed E-state index contributed by atoms with van der Waals surface area (Å²) in [4.78, 5) is 8.15. The average Bonchev–Trinajstić information content (AvgIpc) is 2.07. The van der Waals surface area contributed by atoms with E-state index in [9.17, 15) is 0 Å². The van der Waals surface area contributed by atoms with Gasteiger partial charge in [0, 0.05) is 24.7 Å². The van der Waals surface area contributed by atoms with E-state index >= 15 is 0 Å². The second-order valence-corrected chi connectivity index (χ2v) is 3.05. The van der Waals surface area contributed by atoms with E-state index in [0.717, 1.165) is 17.5 Å². The van der Waals surface area contributed by atoms with Crippen LogP contribution in [0.2, 0.25) is 0 Å². The van der Waals surface area contributed by atoms with E-state index in [1.165, 1.54) is 0 Å². The number of thioether (sulfide) groups is 1. The first-order chi connectivity index (χ1) is 5.43. The molecule has 0 aliphatic carbocycles. The van der Waals surface area contributed by atoms with E-state index in [2.05, 4.69) is 15.3 Å². The fraction of sp³-hybridized carbons (Fsp3) is 0.429. The van der Waals surface area contributed by atoms with Gasteiger partial charge in [0.25, 0.3) is 0 Å². The van der Waals surface area contributed by atoms with Gasteiger partial charge >= 0.3 is 0 Å². The summed E-state index contributed by atoms with van der Waals surface area (Å²) in [6, 6.07) is 1.82. The van der Waals surface area contributed by atoms with Gasteiger partial charge in [-0.3, -0.25) is 0 Å². The molecule has 0 saturated carbocycles. The summed E-state index contributed by atoms with van der Waals surface area (Å²) in [6.45, 7) is 0.989. The van der Waals surface area contributed by atoms with Crippen LogP contribution in [0.5, 0.6) is 0 Å². The van der Waals surface area contributed by atoms with Crippen molar-refractivity contribution < 1.29 is 0 Å². The molecule has 0 fully saturated rings. The molecular weight excluding hydrogens is 194 g/mol. The molecule has 12 heavy (non-hydrogen) atoms. The smallest absolute Gasteiger partial charge is 0.187 e. The molecule has 0 amide bonds. The van der Waals surface area contributed by atoms with Crippen molar-refractivity contribution in [3.63, 3.8) is 0 Å². The van der Waals surface area contributed by atoms with E-state index in [1.54, 1.807) is 24.2 Å². The second-order valence-electron chi connectivity index (χ2n) is 1.98. The quantitative estimate of drug-likeness (QED) is 0.456. The molecule has 0 aromatic carbocycles. The number of hydrogen-bond donors (Lipinski definition) is 1. The molecule has 5 heteroatoms. The van der Waals surface area contributed by atoms with Crippen LogP contribution in [0, 0.1) is 0 Å². The summed E-state index contributed by atoms with van der Waals surface area (Å²) in [5.41, 5.74) is 0. The molecular formula is C7H12ClN3S. The summed E-state index contributed by atoms with van der Waals surface area (Å²) in [5.74, 6) is 1.01. The Bertz CT molecular complexity index is 195. The minimum absolute atomic E-state index is 0. The molecule has 0 bridgehead atoms. The van der Waals surface area contributed by atoms with Crippen LogP contribution in [0.1, 0.15) is 0 Å². The summed E-state index contributed by atoms with van der Waals surface area (Å²) >= 11 is 1.66. The largest absolute Gasteiger partial charge is 0.319 e. The summed E-state index contributed by atoms with van der Waals surface area (Å²) in [6.07, 6.45) is 3.52. The van der Waals surface area contributed by atoms with E-state index in [1.807, 2.05) is 13.1 Å². The van der Waals surface area contributed by atoms with E-state index in [0.29, 0.717) is 0 Å². The van der Waals surface area contributed by atoms with Crippen LogP contribution < -0.4 is 5.32 Å². The fourth-order valence-corrected chi connectivity index (χ4v) is 1.36. The molecule has 1 heterocycles. The van der Waals surface area contributed by atoms with Crippen LogP contribution in [0.3, 0.4) is 0 Å². The lowest BCUT2D eigenvalue weighted by atomic mass is 10.7. The van der Waals surface area contributed by atoms with Crippen molar-refractivity contribution in [3.8, 4) is 0 Å². The number of nitrogens with zero attached hydrogens (tertiary/aromatic N) is 2. The maximum atomic E-state index is 4.07. The molecule has 1 N–H and O–H groups in total. The Balaban J connectivity index is 0.00000121. The van der Waals surface area contributed by atoms with Crippen molar-refractivity contribution in [1.29, 1.82) is 0 Å². The number of hydrogen-bond acceptors (Lipinski definition) is 4. The minimum Gasteiger partial charge on any atom is -0.319 e. The molecule has 1 aromatic heterocycles. The highest BCUT2D eigenvalue weighted by Crippen LogP contribution is 2.08. The Morgan fingerprint density at radius 3 is 2.67 bits per heavy atom. The standard InChI is InChI=1S/C7H11N3S.ClH/c1-8-5-6-11-7-9-3-2-4-10-7;/h2-4,8H,5-6H2,1H3;1H. The zero-order chi connectivity index (χ0) is 7.94. The van der Waals surface area contributed by atoms with E-state index in [4.69, 9.17) is 0 Å². The average molecular weight is 206 g/mol. The molecule has 3 nitrogen and oxygen atoms in total. The van der Waals surface area contributed by atoms with Gasteiger partial charge in [0.1, 0.15) is 0 Å². The minimum atomic E-state index is 0. The normalized spacial score (nSPS) is 9.08. The van der Waals surface area contributed by atoms with Gasteiger partial charge in [-0.05, 0) is 13.1 Å². The highest BCUT2D eigenvalue weighted by molar-refractivity contribution is 7.99. The lowest BCUT2D eigenvalue weighted by Crippen LogP contribution is -2.09. The monoisotopic (exact) mass is 205 g/mol. The van der Waals surface area contributed by atoms with Crippen LogP contribution in [-0.4, -0.2) is 29.3 Å². The maximum Gasteiger partial charge on any atom is 0.187 e. The Morgan fingerprint density at radius 1 is 1.42 bits per heavy atom. The lowest BCUT2D eigenvalue weighted by molar-refractivity contribution is 0.867. The molecule has 0 aliphatic rings. The van der Waals surface area contributed by atoms with Gasteiger partial charge in [-0.2, -0.15) is 0 Å². The second kappa shape index (κ2) is 7.34. The molecule has 0 radical (unpaired) electrons. The Morgan fingerprint density at radius 2 is 2.08 bits per heavy atom. The van der Waals surface area contributed by atoms with Gasteiger partial charge in [-0.25, -0.2) is 9.97 Å². The van der Waals surface area contributed by atoms with Crippen LogP contribution >= 0.6 is 24.2 Å². The van der Waals surface area contributed by atoms with E-state index < -0.39 is 0 Å². The van der Waals surface area contributed by atoms with Crippen molar-refractivity contribution in [1.82, 2.24) is 15.3 Å². The summed E-state index contributed by atoms with van der Waals surface area (Å²) in [7, 11) is 1.94. The Hall–Kier alpha value is -0.320. The predicted molar refractivity (Wildman–Crippen MR) is 53.9 cm³/mol. The first-order valence-electron chi connectivity index (χ1n) is 3.48. The Labute approximate surface area is 82.8 Å². The Kier molecular flexibility index (Phi) is 7.14. The first-order valence-corrected chi connectivity index (χ1v) is 4.46. The zero-order valence-electron chi connectivity index (χ0n) is 6.86. The molecule has 0 aliphatic heterocycles. The van der Waals surface area contributed by atoms with Crippen LogP contribution in [0.25, 0.3) is 0 Å². The van der Waals surface area contributed by atoms with Crippen molar-refractivity contribution in [2.75, 3.05) is 19.3 Å². The first kappa shape index (κ1) is 11.7. The number of rotatable bonds is 4. The molecule has 68 valence electrons. The van der Waals surface area contributed by atoms with Gasteiger partial charge in [0.2, 0.25) is 0 Å². The van der Waals surface area contributed by atoms with Crippen LogP contribution in [0.4, 0.5) is 0 Å². The predicted octanol–water partition coefficient (Wildman–Crippen LogP) is 1.21. The van der Waals surface area contributed by atoms with Gasteiger partial charge in [-0.1, -0.05) is 11.8 Å². The van der Waals surface area contributed by atoms with Crippen LogP contribution in [-0.2, 0) is 0 Å². The molecule has 0 unspecified atom stereocenters. The van der Waals surface area contributed by atoms with Gasteiger partial charge in [0.15, 0.2) is 5.16 Å². The number of aromatic nitrogens is 2. The zero-order valence-corrected chi connectivity index (χ0v) is 8.49. The molecule has 0 saturated heterocycles. The molecule has 1 rings (SSSR count). The third-order valence-electron chi connectivity index (χ3n) is 1.13. The summed E-state index contributed by atoms with van der Waals surface area (Å²) in [5, 5.41) is 3.91. The third kappa shape index (κ3) is 4.54. The number of nitrogens with one attached hydrogen (secondary N) is 1. The summed E-state index contributed by atoms with van der Waals surface area (Å²) < 4.78 is 0. The van der Waals surface area contributed by atoms with Crippen molar-refractivity contribution in [3.05, 3.63) is 18.5 Å². The van der Waals surface area contributed by atoms with Gasteiger partial charge in [0.05, 0.1) is 0 Å². The van der Waals surface area contributed by atoms with Crippen molar-refractivity contribution in [2.24, 2.45) is 0 Å². The van der Waals surface area contributed by atoms with Crippen molar-refractivity contribution in [2.45, 2.75) is 5.16 Å². The highest BCUT2D eigenvalue weighted by Gasteiger charge is 1.92. The fourth-order valence-electron chi connectivity index (χ4n) is 0.604. The highest BCUT2D eigenvalue weighted by atomic mass is 35.5. The third-order valence-corrected chi connectivity index (χ3v) is 2.00. The SMILES string of the molecule is CNCCSc1ncccn1.Cl. The lowest BCUT2D eigenvalue weighted by Gasteiger charge is -1.96. The van der Waals surface area contributed by atoms with Gasteiger partial charge < -0.3 is 5.32 Å². The number of halogens is 1. The molecule has 0 atom stereocenters. The van der Waals surface area contributed by atoms with Crippen LogP contribution in [0.15, 0.2) is 23.6 Å². The topological polar surface area (TPSA) is 37.8 Å². The van der Waals surface area contributed by atoms with Crippen molar-refractivity contribution >= 4 is 24.2 Å².